The molecule has 5 N–H and O–H groups in total. The second kappa shape index (κ2) is 4.63. The number of hydrogen-bond donors (Lipinski definition) is 4. The van der Waals surface area contributed by atoms with Crippen LogP contribution in [0.4, 0.5) is 0 Å². The number of benzene rings is 1. The lowest BCUT2D eigenvalue weighted by Crippen LogP contribution is -2.27. The topological polar surface area (TPSA) is 104 Å². The molecule has 1 rings (SSSR count). The Bertz CT molecular complexity index is 565. The molecular weight excluding hydrogens is 222 g/mol. The fourth-order valence-corrected chi connectivity index (χ4v) is 1.59. The van der Waals surface area contributed by atoms with Crippen LogP contribution >= 0.6 is 0 Å². The number of hydrogen-bond acceptors (Lipinski definition) is 5. The molecule has 0 bridgehead atoms. The van der Waals surface area contributed by atoms with Gasteiger partial charge in [-0.15, -0.1) is 0 Å². The van der Waals surface area contributed by atoms with Crippen molar-refractivity contribution in [1.29, 1.82) is 0 Å². The van der Waals surface area contributed by atoms with E-state index in [4.69, 9.17) is 5.57 Å². The van der Waals surface area contributed by atoms with Gasteiger partial charge < -0.3 is 21.0 Å². The molecule has 0 spiro atoms. The first-order valence-electron chi connectivity index (χ1n) is 7.07. The smallest absolute Gasteiger partial charge is 0.186 e. The SMILES string of the molecule is [2H]C[C@@]([2H])(C(=O)c1c(O)cc(O)c(C(C)C)c1O)N([2H])[2H]. The Morgan fingerprint density at radius 3 is 2.59 bits per heavy atom. The third kappa shape index (κ3) is 2.34. The number of Topliss-reactive ketones (excluding diaryl/α,β-unsaturated/α-hetero) is 1. The Morgan fingerprint density at radius 1 is 1.47 bits per heavy atom. The van der Waals surface area contributed by atoms with Crippen molar-refractivity contribution in [3.05, 3.63) is 17.2 Å². The molecular formula is C12H17NO4. The number of carbonyl (C=O) groups is 1. The van der Waals surface area contributed by atoms with Gasteiger partial charge in [0.25, 0.3) is 0 Å². The van der Waals surface area contributed by atoms with Crippen LogP contribution in [0.2, 0.25) is 2.82 Å². The van der Waals surface area contributed by atoms with Crippen molar-refractivity contribution in [3.63, 3.8) is 0 Å². The van der Waals surface area contributed by atoms with E-state index in [1.807, 2.05) is 0 Å². The van der Waals surface area contributed by atoms with Crippen LogP contribution in [0, 0.1) is 0 Å². The first-order chi connectivity index (χ1) is 9.57. The third-order valence-corrected chi connectivity index (χ3v) is 2.36. The molecule has 5 heteroatoms. The zero-order chi connectivity index (χ0) is 16.5. The maximum atomic E-state index is 12.3. The van der Waals surface area contributed by atoms with Gasteiger partial charge in [-0.05, 0) is 12.8 Å². The second-order valence-corrected chi connectivity index (χ2v) is 3.98. The molecule has 0 aliphatic heterocycles. The van der Waals surface area contributed by atoms with Gasteiger partial charge in [-0.25, -0.2) is 0 Å². The zero-order valence-electron chi connectivity index (χ0n) is 13.6. The molecule has 94 valence electrons. The van der Waals surface area contributed by atoms with E-state index in [0.29, 0.717) is 0 Å². The van der Waals surface area contributed by atoms with Crippen LogP contribution < -0.4 is 5.72 Å². The van der Waals surface area contributed by atoms with Crippen LogP contribution in [0.1, 0.15) is 45.3 Å². The van der Waals surface area contributed by atoms with Crippen molar-refractivity contribution >= 4 is 5.78 Å². The van der Waals surface area contributed by atoms with E-state index < -0.39 is 41.5 Å². The standard InChI is InChI=1S/C12H17NO4/c1-5(2)9-7(14)4-8(15)10(12(9)17)11(16)6(3)13/h4-6,14-15,17H,13H2,1-3H3/t6-/m0/s1/i3D,6D/hD2. The highest BCUT2D eigenvalue weighted by Gasteiger charge is 2.25. The molecule has 1 atom stereocenters. The van der Waals surface area contributed by atoms with Gasteiger partial charge in [0.05, 0.1) is 7.39 Å². The summed E-state index contributed by atoms with van der Waals surface area (Å²) in [6.07, 6.45) is 0. The van der Waals surface area contributed by atoms with Gasteiger partial charge in [-0.3, -0.25) is 4.79 Å². The van der Waals surface area contributed by atoms with Gasteiger partial charge in [0.2, 0.25) is 0 Å². The van der Waals surface area contributed by atoms with Gasteiger partial charge in [0.1, 0.15) is 25.6 Å². The number of rotatable bonds is 4. The van der Waals surface area contributed by atoms with Crippen LogP contribution in [-0.4, -0.2) is 27.1 Å². The fourth-order valence-electron chi connectivity index (χ4n) is 1.59. The van der Waals surface area contributed by atoms with Crippen LogP contribution in [0.15, 0.2) is 6.07 Å². The summed E-state index contributed by atoms with van der Waals surface area (Å²) in [5, 5.41) is 29.6. The molecule has 0 unspecified atom stereocenters. The second-order valence-electron chi connectivity index (χ2n) is 3.98. The zero-order valence-corrected chi connectivity index (χ0v) is 9.56. The van der Waals surface area contributed by atoms with E-state index in [0.717, 1.165) is 6.07 Å². The van der Waals surface area contributed by atoms with E-state index in [9.17, 15) is 20.1 Å². The van der Waals surface area contributed by atoms with Crippen LogP contribution in [0.3, 0.4) is 0 Å². The molecule has 0 aromatic heterocycles. The average Bonchev–Trinajstić information content (AvgIpc) is 2.35. The highest BCUT2D eigenvalue weighted by molar-refractivity contribution is 6.05. The summed E-state index contributed by atoms with van der Waals surface area (Å²) in [7, 11) is 0. The Hall–Kier alpha value is -1.75. The van der Waals surface area contributed by atoms with Crippen molar-refractivity contribution in [2.75, 3.05) is 0 Å². The monoisotopic (exact) mass is 243 g/mol. The number of phenols is 3. The molecule has 0 aliphatic carbocycles. The van der Waals surface area contributed by atoms with Crippen molar-refractivity contribution in [2.45, 2.75) is 32.7 Å². The number of aromatic hydroxyl groups is 3. The van der Waals surface area contributed by atoms with E-state index in [1.165, 1.54) is 0 Å². The minimum atomic E-state index is -2.60. The molecule has 0 amide bonds. The molecule has 0 fully saturated rings. The van der Waals surface area contributed by atoms with Crippen molar-refractivity contribution in [2.24, 2.45) is 5.72 Å². The average molecular weight is 243 g/mol. The fraction of sp³-hybridized carbons (Fsp3) is 0.417. The van der Waals surface area contributed by atoms with Gasteiger partial charge in [-0.1, -0.05) is 13.8 Å². The number of carbonyl (C=O) groups excluding carboxylic acids is 1. The summed E-state index contributed by atoms with van der Waals surface area (Å²) < 4.78 is 29.1. The van der Waals surface area contributed by atoms with Crippen molar-refractivity contribution < 1.29 is 25.7 Å². The van der Waals surface area contributed by atoms with Gasteiger partial charge in [0.15, 0.2) is 5.78 Å². The molecule has 0 aliphatic rings. The van der Waals surface area contributed by atoms with Crippen molar-refractivity contribution in [3.8, 4) is 17.2 Å². The Labute approximate surface area is 105 Å². The largest absolute Gasteiger partial charge is 0.507 e. The predicted octanol–water partition coefficient (Wildman–Crippen LogP) is 1.46. The Morgan fingerprint density at radius 2 is 2.12 bits per heavy atom. The third-order valence-electron chi connectivity index (χ3n) is 2.36. The summed E-state index contributed by atoms with van der Waals surface area (Å²) >= 11 is 0. The summed E-state index contributed by atoms with van der Waals surface area (Å²) in [6.45, 7) is 2.34. The maximum absolute atomic E-state index is 12.3. The van der Waals surface area contributed by atoms with E-state index in [-0.39, 0.29) is 17.2 Å². The molecule has 0 heterocycles. The maximum Gasteiger partial charge on any atom is 0.186 e. The Balaban J connectivity index is 3.57. The summed E-state index contributed by atoms with van der Waals surface area (Å²) in [6, 6.07) is -1.74. The summed E-state index contributed by atoms with van der Waals surface area (Å²) in [5.74, 6) is -3.53. The summed E-state index contributed by atoms with van der Waals surface area (Å²) in [5.41, 5.74) is -0.934. The van der Waals surface area contributed by atoms with Crippen LogP contribution in [0.25, 0.3) is 0 Å². The van der Waals surface area contributed by atoms with Gasteiger partial charge >= 0.3 is 0 Å². The lowest BCUT2D eigenvalue weighted by atomic mass is 9.94. The van der Waals surface area contributed by atoms with Crippen molar-refractivity contribution in [1.82, 2.24) is 0 Å². The van der Waals surface area contributed by atoms with E-state index >= 15 is 0 Å². The molecule has 17 heavy (non-hydrogen) atoms. The summed E-state index contributed by atoms with van der Waals surface area (Å²) in [4.78, 5) is 12.3. The predicted molar refractivity (Wildman–Crippen MR) is 63.5 cm³/mol. The first kappa shape index (κ1) is 8.36. The molecule has 1 aromatic carbocycles. The quantitative estimate of drug-likeness (QED) is 0.599. The molecule has 0 radical (unpaired) electrons. The Kier molecular flexibility index (Phi) is 2.28. The minimum Gasteiger partial charge on any atom is -0.507 e. The highest BCUT2D eigenvalue weighted by Crippen LogP contribution is 2.41. The molecule has 0 saturated heterocycles. The number of nitrogens with two attached hydrogens (primary N) is 1. The molecule has 1 aromatic rings. The minimum absolute atomic E-state index is 0.00462. The van der Waals surface area contributed by atoms with Crippen LogP contribution in [0.5, 0.6) is 17.2 Å². The van der Waals surface area contributed by atoms with Gasteiger partial charge in [-0.2, -0.15) is 0 Å². The lowest BCUT2D eigenvalue weighted by Gasteiger charge is -2.16. The van der Waals surface area contributed by atoms with E-state index in [2.05, 4.69) is 0 Å². The highest BCUT2D eigenvalue weighted by atomic mass is 16.3. The lowest BCUT2D eigenvalue weighted by molar-refractivity contribution is 0.0962. The number of phenolic OH excluding ortho intramolecular Hbond substituents is 3. The molecule has 5 nitrogen and oxygen atoms in total. The van der Waals surface area contributed by atoms with Gasteiger partial charge in [0, 0.05) is 13.0 Å². The van der Waals surface area contributed by atoms with E-state index in [1.54, 1.807) is 13.8 Å². The number of ketones is 1. The molecule has 0 saturated carbocycles. The normalized spacial score (nSPS) is 18.1. The first-order valence-corrected chi connectivity index (χ1v) is 4.97. The van der Waals surface area contributed by atoms with Crippen LogP contribution in [-0.2, 0) is 0 Å².